The lowest BCUT2D eigenvalue weighted by Gasteiger charge is -2.11. The van der Waals surface area contributed by atoms with Gasteiger partial charge in [-0.3, -0.25) is 4.79 Å². The van der Waals surface area contributed by atoms with Crippen molar-refractivity contribution in [1.82, 2.24) is 10.3 Å². The number of anilines is 1. The summed E-state index contributed by atoms with van der Waals surface area (Å²) in [7, 11) is 0. The summed E-state index contributed by atoms with van der Waals surface area (Å²) in [5.41, 5.74) is 0.657. The zero-order valence-corrected chi connectivity index (χ0v) is 10.9. The highest BCUT2D eigenvalue weighted by atomic mass is 16.1. The highest BCUT2D eigenvalue weighted by molar-refractivity contribution is 6.09. The number of pyridine rings is 1. The predicted octanol–water partition coefficient (Wildman–Crippen LogP) is 2.56. The van der Waals surface area contributed by atoms with E-state index < -0.39 is 0 Å². The fraction of sp³-hybridized carbons (Fsp3) is 0.333. The van der Waals surface area contributed by atoms with E-state index >= 15 is 0 Å². The number of aromatic nitrogens is 1. The van der Waals surface area contributed by atoms with Crippen molar-refractivity contribution in [3.63, 3.8) is 0 Å². The van der Waals surface area contributed by atoms with Crippen molar-refractivity contribution in [2.45, 2.75) is 25.8 Å². The van der Waals surface area contributed by atoms with Gasteiger partial charge in [0.15, 0.2) is 0 Å². The van der Waals surface area contributed by atoms with Gasteiger partial charge in [-0.2, -0.15) is 0 Å². The smallest absolute Gasteiger partial charge is 0.253 e. The van der Waals surface area contributed by atoms with Gasteiger partial charge < -0.3 is 10.6 Å². The molecule has 0 aliphatic heterocycles. The van der Waals surface area contributed by atoms with E-state index in [1.165, 1.54) is 0 Å². The minimum Gasteiger partial charge on any atom is -0.370 e. The lowest BCUT2D eigenvalue weighted by molar-refractivity contribution is 0.0952. The van der Waals surface area contributed by atoms with Crippen molar-refractivity contribution in [2.75, 3.05) is 11.9 Å². The van der Waals surface area contributed by atoms with Gasteiger partial charge in [0, 0.05) is 24.2 Å². The van der Waals surface area contributed by atoms with E-state index in [2.05, 4.69) is 15.6 Å². The highest BCUT2D eigenvalue weighted by Crippen LogP contribution is 2.25. The number of amides is 1. The van der Waals surface area contributed by atoms with Crippen LogP contribution in [0.5, 0.6) is 0 Å². The minimum absolute atomic E-state index is 0.0192. The van der Waals surface area contributed by atoms with Crippen LogP contribution in [0.25, 0.3) is 10.8 Å². The number of nitrogens with one attached hydrogen (secondary N) is 2. The molecule has 1 saturated carbocycles. The third-order valence-electron chi connectivity index (χ3n) is 3.30. The highest BCUT2D eigenvalue weighted by Gasteiger charge is 2.24. The first-order chi connectivity index (χ1) is 9.29. The van der Waals surface area contributed by atoms with E-state index in [-0.39, 0.29) is 5.91 Å². The van der Waals surface area contributed by atoms with Gasteiger partial charge in [-0.25, -0.2) is 4.98 Å². The average molecular weight is 255 g/mol. The molecule has 0 radical (unpaired) electrons. The van der Waals surface area contributed by atoms with Crippen LogP contribution in [0.3, 0.4) is 0 Å². The topological polar surface area (TPSA) is 54.0 Å². The van der Waals surface area contributed by atoms with Crippen LogP contribution in [-0.4, -0.2) is 23.5 Å². The summed E-state index contributed by atoms with van der Waals surface area (Å²) in [5.74, 6) is 0.815. The Morgan fingerprint density at radius 3 is 2.74 bits per heavy atom. The molecule has 4 heteroatoms. The van der Waals surface area contributed by atoms with Crippen molar-refractivity contribution >= 4 is 22.5 Å². The molecule has 0 atom stereocenters. The molecule has 98 valence electrons. The molecule has 0 bridgehead atoms. The Morgan fingerprint density at radius 2 is 2.05 bits per heavy atom. The van der Waals surface area contributed by atoms with Crippen molar-refractivity contribution in [3.8, 4) is 0 Å². The summed E-state index contributed by atoms with van der Waals surface area (Å²) in [6, 6.07) is 8.24. The largest absolute Gasteiger partial charge is 0.370 e. The summed E-state index contributed by atoms with van der Waals surface area (Å²) in [6.07, 6.45) is 3.84. The normalized spacial score (nSPS) is 14.4. The fourth-order valence-electron chi connectivity index (χ4n) is 2.17. The molecule has 1 aliphatic rings. The quantitative estimate of drug-likeness (QED) is 0.882. The Bertz CT molecular complexity index is 620. The van der Waals surface area contributed by atoms with Gasteiger partial charge in [0.05, 0.1) is 5.56 Å². The summed E-state index contributed by atoms with van der Waals surface area (Å²) >= 11 is 0. The molecule has 2 N–H and O–H groups in total. The number of fused-ring (bicyclic) bond motifs is 1. The molecule has 1 aromatic heterocycles. The van der Waals surface area contributed by atoms with E-state index in [1.807, 2.05) is 31.2 Å². The van der Waals surface area contributed by atoms with E-state index in [0.717, 1.165) is 36.0 Å². The minimum atomic E-state index is -0.0192. The van der Waals surface area contributed by atoms with Gasteiger partial charge in [0.1, 0.15) is 5.82 Å². The van der Waals surface area contributed by atoms with Gasteiger partial charge in [0.2, 0.25) is 0 Å². The molecule has 0 spiro atoms. The monoisotopic (exact) mass is 255 g/mol. The van der Waals surface area contributed by atoms with E-state index in [4.69, 9.17) is 0 Å². The van der Waals surface area contributed by atoms with Crippen LogP contribution >= 0.6 is 0 Å². The van der Waals surface area contributed by atoms with E-state index in [1.54, 1.807) is 6.20 Å². The van der Waals surface area contributed by atoms with Crippen LogP contribution in [0, 0.1) is 0 Å². The number of carbonyl (C=O) groups excluding carboxylic acids is 1. The SMILES string of the molecule is CCNc1ncc(C(=O)NC2CC2)c2ccccc12. The van der Waals surface area contributed by atoms with Crippen LogP contribution in [0.4, 0.5) is 5.82 Å². The summed E-state index contributed by atoms with van der Waals surface area (Å²) < 4.78 is 0. The van der Waals surface area contributed by atoms with Crippen LogP contribution in [0.15, 0.2) is 30.5 Å². The third-order valence-corrected chi connectivity index (χ3v) is 3.30. The first kappa shape index (κ1) is 12.0. The van der Waals surface area contributed by atoms with Gasteiger partial charge >= 0.3 is 0 Å². The van der Waals surface area contributed by atoms with Crippen molar-refractivity contribution in [1.29, 1.82) is 0 Å². The number of carbonyl (C=O) groups is 1. The van der Waals surface area contributed by atoms with Gasteiger partial charge in [-0.05, 0) is 25.2 Å². The lowest BCUT2D eigenvalue weighted by Crippen LogP contribution is -2.25. The number of hydrogen-bond acceptors (Lipinski definition) is 3. The Balaban J connectivity index is 2.04. The van der Waals surface area contributed by atoms with E-state index in [0.29, 0.717) is 11.6 Å². The maximum atomic E-state index is 12.2. The Hall–Kier alpha value is -2.10. The molecule has 2 aromatic rings. The average Bonchev–Trinajstić information content (AvgIpc) is 3.23. The zero-order chi connectivity index (χ0) is 13.2. The molecule has 0 saturated heterocycles. The second kappa shape index (κ2) is 4.88. The molecule has 1 aliphatic carbocycles. The maximum Gasteiger partial charge on any atom is 0.253 e. The number of nitrogens with zero attached hydrogens (tertiary/aromatic N) is 1. The summed E-state index contributed by atoms with van der Waals surface area (Å²) in [6.45, 7) is 2.84. The van der Waals surface area contributed by atoms with Crippen LogP contribution in [0.2, 0.25) is 0 Å². The van der Waals surface area contributed by atoms with Crippen LogP contribution in [0.1, 0.15) is 30.1 Å². The molecular formula is C15H17N3O. The van der Waals surface area contributed by atoms with Crippen LogP contribution < -0.4 is 10.6 Å². The molecular weight excluding hydrogens is 238 g/mol. The molecule has 1 heterocycles. The summed E-state index contributed by atoms with van der Waals surface area (Å²) in [5, 5.41) is 8.19. The second-order valence-electron chi connectivity index (χ2n) is 4.84. The molecule has 1 amide bonds. The predicted molar refractivity (Wildman–Crippen MR) is 76.4 cm³/mol. The lowest BCUT2D eigenvalue weighted by atomic mass is 10.1. The molecule has 0 unspecified atom stereocenters. The zero-order valence-electron chi connectivity index (χ0n) is 10.9. The first-order valence-electron chi connectivity index (χ1n) is 6.72. The molecule has 19 heavy (non-hydrogen) atoms. The summed E-state index contributed by atoms with van der Waals surface area (Å²) in [4.78, 5) is 16.6. The molecule has 1 fully saturated rings. The van der Waals surface area contributed by atoms with Crippen LogP contribution in [-0.2, 0) is 0 Å². The molecule has 3 rings (SSSR count). The maximum absolute atomic E-state index is 12.2. The second-order valence-corrected chi connectivity index (χ2v) is 4.84. The third kappa shape index (κ3) is 2.38. The Kier molecular flexibility index (Phi) is 3.07. The van der Waals surface area contributed by atoms with Gasteiger partial charge in [0.25, 0.3) is 5.91 Å². The Morgan fingerprint density at radius 1 is 1.32 bits per heavy atom. The van der Waals surface area contributed by atoms with Crippen molar-refractivity contribution in [3.05, 3.63) is 36.0 Å². The molecule has 1 aromatic carbocycles. The Labute approximate surface area is 112 Å². The number of benzene rings is 1. The van der Waals surface area contributed by atoms with Crippen molar-refractivity contribution < 1.29 is 4.79 Å². The molecule has 4 nitrogen and oxygen atoms in total. The number of rotatable bonds is 4. The first-order valence-corrected chi connectivity index (χ1v) is 6.72. The van der Waals surface area contributed by atoms with Gasteiger partial charge in [-0.1, -0.05) is 24.3 Å². The number of hydrogen-bond donors (Lipinski definition) is 2. The standard InChI is InChI=1S/C15H17N3O/c1-2-16-14-12-6-4-3-5-11(12)13(9-17-14)15(19)18-10-7-8-10/h3-6,9-10H,2,7-8H2,1H3,(H,16,17)(H,18,19). The van der Waals surface area contributed by atoms with Crippen molar-refractivity contribution in [2.24, 2.45) is 0 Å². The van der Waals surface area contributed by atoms with Gasteiger partial charge in [-0.15, -0.1) is 0 Å². The van der Waals surface area contributed by atoms with E-state index in [9.17, 15) is 4.79 Å². The fourth-order valence-corrected chi connectivity index (χ4v) is 2.17.